The summed E-state index contributed by atoms with van der Waals surface area (Å²) >= 11 is 1.05. The lowest BCUT2D eigenvalue weighted by Crippen LogP contribution is -2.33. The zero-order valence-corrected chi connectivity index (χ0v) is 24.6. The molecule has 1 fully saturated rings. The Morgan fingerprint density at radius 2 is 1.60 bits per heavy atom. The van der Waals surface area contributed by atoms with Crippen LogP contribution in [-0.4, -0.2) is 58.0 Å². The van der Waals surface area contributed by atoms with E-state index in [0.29, 0.717) is 33.1 Å². The molecule has 0 spiro atoms. The predicted octanol–water partition coefficient (Wildman–Crippen LogP) is 7.24. The van der Waals surface area contributed by atoms with Crippen molar-refractivity contribution in [3.05, 3.63) is 66.5 Å². The number of piperidine rings is 1. The van der Waals surface area contributed by atoms with Crippen molar-refractivity contribution in [3.63, 3.8) is 0 Å². The third-order valence-corrected chi connectivity index (χ3v) is 9.13. The SMILES string of the molecule is CS(=O)(=O)c1ccc(-c2sc3cc(OC(=O)C(F)(F)F)ccc3c2Oc2ccc(OCCN3CCCCC3)cc2)cc1F. The molecule has 0 N–H and O–H groups in total. The van der Waals surface area contributed by atoms with Gasteiger partial charge in [-0.15, -0.1) is 11.3 Å². The standard InChI is InChI=1S/C30H27F4NO6S2/c1-43(37,38)26-12-5-19(17-24(26)31)28-27(23-11-10-22(18-25(23)42-28)41-29(36)30(32,33)34)40-21-8-6-20(7-9-21)39-16-15-35-13-3-2-4-14-35/h5-12,17-18H,2-4,13-16H2,1H3. The molecule has 0 amide bonds. The summed E-state index contributed by atoms with van der Waals surface area (Å²) in [5.41, 5.74) is 0.285. The fraction of sp³-hybridized carbons (Fsp3) is 0.300. The van der Waals surface area contributed by atoms with Crippen LogP contribution in [0.1, 0.15) is 19.3 Å². The Morgan fingerprint density at radius 1 is 0.930 bits per heavy atom. The molecule has 1 aliphatic rings. The fourth-order valence-electron chi connectivity index (χ4n) is 4.71. The molecule has 0 radical (unpaired) electrons. The van der Waals surface area contributed by atoms with Crippen LogP contribution in [0.3, 0.4) is 0 Å². The number of rotatable bonds is 9. The van der Waals surface area contributed by atoms with E-state index in [1.165, 1.54) is 43.5 Å². The zero-order valence-electron chi connectivity index (χ0n) is 22.9. The Balaban J connectivity index is 1.43. The van der Waals surface area contributed by atoms with Crippen LogP contribution < -0.4 is 14.2 Å². The number of sulfone groups is 1. The summed E-state index contributed by atoms with van der Waals surface area (Å²) in [6.07, 6.45) is -0.636. The third kappa shape index (κ3) is 7.46. The molecule has 7 nitrogen and oxygen atoms in total. The van der Waals surface area contributed by atoms with E-state index in [2.05, 4.69) is 9.64 Å². The average Bonchev–Trinajstić information content (AvgIpc) is 3.30. The zero-order chi connectivity index (χ0) is 30.8. The molecule has 4 aromatic rings. The second kappa shape index (κ2) is 12.5. The number of likely N-dealkylation sites (tertiary alicyclic amines) is 1. The van der Waals surface area contributed by atoms with Crippen molar-refractivity contribution in [3.8, 4) is 33.4 Å². The van der Waals surface area contributed by atoms with Crippen molar-refractivity contribution in [2.45, 2.75) is 30.3 Å². The molecule has 2 heterocycles. The highest BCUT2D eigenvalue weighted by atomic mass is 32.2. The Morgan fingerprint density at radius 3 is 2.26 bits per heavy atom. The van der Waals surface area contributed by atoms with E-state index in [4.69, 9.17) is 9.47 Å². The molecule has 43 heavy (non-hydrogen) atoms. The number of esters is 1. The summed E-state index contributed by atoms with van der Waals surface area (Å²) < 4.78 is 93.8. The van der Waals surface area contributed by atoms with Crippen molar-refractivity contribution in [1.29, 1.82) is 0 Å². The summed E-state index contributed by atoms with van der Waals surface area (Å²) in [7, 11) is -3.82. The van der Waals surface area contributed by atoms with E-state index in [9.17, 15) is 30.8 Å². The lowest BCUT2D eigenvalue weighted by Gasteiger charge is -2.26. The van der Waals surface area contributed by atoms with Crippen LogP contribution in [0.5, 0.6) is 23.0 Å². The Hall–Kier alpha value is -3.68. The number of carbonyl (C=O) groups excluding carboxylic acids is 1. The van der Waals surface area contributed by atoms with Crippen molar-refractivity contribution in [2.24, 2.45) is 0 Å². The first-order chi connectivity index (χ1) is 20.4. The lowest BCUT2D eigenvalue weighted by atomic mass is 10.1. The minimum absolute atomic E-state index is 0.263. The van der Waals surface area contributed by atoms with Crippen molar-refractivity contribution < 1.29 is 45.0 Å². The highest BCUT2D eigenvalue weighted by Gasteiger charge is 2.41. The van der Waals surface area contributed by atoms with E-state index in [-0.39, 0.29) is 17.1 Å². The first-order valence-corrected chi connectivity index (χ1v) is 16.1. The third-order valence-electron chi connectivity index (χ3n) is 6.82. The quantitative estimate of drug-likeness (QED) is 0.109. The number of benzene rings is 3. The van der Waals surface area contributed by atoms with Gasteiger partial charge < -0.3 is 14.2 Å². The van der Waals surface area contributed by atoms with Gasteiger partial charge in [0, 0.05) is 22.9 Å². The van der Waals surface area contributed by atoms with Gasteiger partial charge in [-0.2, -0.15) is 13.2 Å². The van der Waals surface area contributed by atoms with E-state index in [0.717, 1.165) is 49.4 Å². The smallest absolute Gasteiger partial charge is 0.491 e. The van der Waals surface area contributed by atoms with Crippen LogP contribution in [-0.2, 0) is 14.6 Å². The average molecular weight is 638 g/mol. The van der Waals surface area contributed by atoms with Gasteiger partial charge in [0.15, 0.2) is 15.6 Å². The normalized spacial score (nSPS) is 14.5. The monoisotopic (exact) mass is 637 g/mol. The Kier molecular flexibility index (Phi) is 8.95. The molecule has 0 bridgehead atoms. The number of carbonyl (C=O) groups is 1. The summed E-state index contributed by atoms with van der Waals surface area (Å²) in [4.78, 5) is 13.6. The molecule has 0 saturated carbocycles. The molecule has 0 atom stereocenters. The topological polar surface area (TPSA) is 82.1 Å². The molecule has 3 aromatic carbocycles. The van der Waals surface area contributed by atoms with Crippen molar-refractivity contribution in [2.75, 3.05) is 32.5 Å². The molecule has 0 aliphatic carbocycles. The lowest BCUT2D eigenvalue weighted by molar-refractivity contribution is -0.189. The van der Waals surface area contributed by atoms with Crippen LogP contribution in [0, 0.1) is 5.82 Å². The number of hydrogen-bond donors (Lipinski definition) is 0. The van der Waals surface area contributed by atoms with E-state index < -0.39 is 32.7 Å². The largest absolute Gasteiger partial charge is 0.492 e. The number of halogens is 4. The maximum atomic E-state index is 14.8. The van der Waals surface area contributed by atoms with Crippen molar-refractivity contribution in [1.82, 2.24) is 4.90 Å². The van der Waals surface area contributed by atoms with Crippen LogP contribution in [0.4, 0.5) is 17.6 Å². The number of thiophene rings is 1. The molecule has 5 rings (SSSR count). The molecule has 228 valence electrons. The van der Waals surface area contributed by atoms with E-state index in [1.54, 1.807) is 24.3 Å². The first kappa shape index (κ1) is 30.8. The van der Waals surface area contributed by atoms with Gasteiger partial charge in [0.1, 0.15) is 34.6 Å². The van der Waals surface area contributed by atoms with Gasteiger partial charge in [0.2, 0.25) is 0 Å². The molecular weight excluding hydrogens is 610 g/mol. The van der Waals surface area contributed by atoms with Crippen LogP contribution in [0.2, 0.25) is 0 Å². The number of fused-ring (bicyclic) bond motifs is 1. The second-order valence-electron chi connectivity index (χ2n) is 10.0. The number of alkyl halides is 3. The molecule has 0 unspecified atom stereocenters. The number of hydrogen-bond acceptors (Lipinski definition) is 8. The molecular formula is C30H27F4NO6S2. The Labute approximate surface area is 249 Å². The molecule has 1 aliphatic heterocycles. The summed E-state index contributed by atoms with van der Waals surface area (Å²) in [6.45, 7) is 3.51. The number of nitrogens with zero attached hydrogens (tertiary/aromatic N) is 1. The summed E-state index contributed by atoms with van der Waals surface area (Å²) in [5.74, 6) is -2.34. The van der Waals surface area contributed by atoms with Crippen LogP contribution in [0.25, 0.3) is 20.5 Å². The molecule has 1 saturated heterocycles. The van der Waals surface area contributed by atoms with Gasteiger partial charge in [-0.25, -0.2) is 17.6 Å². The van der Waals surface area contributed by atoms with Gasteiger partial charge in [0.05, 0.1) is 4.88 Å². The van der Waals surface area contributed by atoms with Gasteiger partial charge >= 0.3 is 12.1 Å². The molecule has 13 heteroatoms. The van der Waals surface area contributed by atoms with Gasteiger partial charge in [-0.1, -0.05) is 12.5 Å². The summed E-state index contributed by atoms with van der Waals surface area (Å²) in [5, 5.41) is 0.460. The fourth-order valence-corrected chi connectivity index (χ4v) is 6.60. The minimum atomic E-state index is -5.17. The van der Waals surface area contributed by atoms with Gasteiger partial charge in [-0.3, -0.25) is 4.90 Å². The summed E-state index contributed by atoms with van der Waals surface area (Å²) in [6, 6.07) is 14.4. The van der Waals surface area contributed by atoms with Crippen LogP contribution in [0.15, 0.2) is 65.6 Å². The maximum Gasteiger partial charge on any atom is 0.491 e. The second-order valence-corrected chi connectivity index (χ2v) is 13.1. The predicted molar refractivity (Wildman–Crippen MR) is 154 cm³/mol. The number of ether oxygens (including phenoxy) is 3. The highest BCUT2D eigenvalue weighted by Crippen LogP contribution is 2.47. The first-order valence-electron chi connectivity index (χ1n) is 13.4. The van der Waals surface area contributed by atoms with E-state index >= 15 is 0 Å². The van der Waals surface area contributed by atoms with E-state index in [1.807, 2.05) is 0 Å². The molecule has 1 aromatic heterocycles. The Bertz CT molecular complexity index is 1730. The van der Waals surface area contributed by atoms with Gasteiger partial charge in [-0.05, 0) is 86.1 Å². The highest BCUT2D eigenvalue weighted by molar-refractivity contribution is 7.90. The van der Waals surface area contributed by atoms with Gasteiger partial charge in [0.25, 0.3) is 0 Å². The maximum absolute atomic E-state index is 14.8. The van der Waals surface area contributed by atoms with Crippen LogP contribution >= 0.6 is 11.3 Å². The van der Waals surface area contributed by atoms with Crippen molar-refractivity contribution >= 4 is 37.2 Å². The minimum Gasteiger partial charge on any atom is -0.492 e.